The highest BCUT2D eigenvalue weighted by molar-refractivity contribution is 7.47. The number of hydrogen-bond donors (Lipinski definition) is 3. The Bertz CT molecular complexity index is 1930. The maximum absolute atomic E-state index is 13.1. The summed E-state index contributed by atoms with van der Waals surface area (Å²) in [6.45, 7) is 9.57. The molecular weight excluding hydrogens is 1310 g/mol. The summed E-state index contributed by atoms with van der Waals surface area (Å²) < 4.78 is 68.7. The van der Waals surface area contributed by atoms with E-state index in [0.29, 0.717) is 31.6 Å². The molecule has 0 radical (unpaired) electrons. The molecular formula is C81H158O17P2. The Morgan fingerprint density at radius 3 is 0.760 bits per heavy atom. The summed E-state index contributed by atoms with van der Waals surface area (Å²) in [5.74, 6) is -0.630. The van der Waals surface area contributed by atoms with Crippen LogP contribution in [-0.2, 0) is 65.4 Å². The largest absolute Gasteiger partial charge is 0.472 e. The van der Waals surface area contributed by atoms with Crippen LogP contribution in [-0.4, -0.2) is 96.7 Å². The van der Waals surface area contributed by atoms with Gasteiger partial charge in [0.25, 0.3) is 0 Å². The van der Waals surface area contributed by atoms with Crippen molar-refractivity contribution in [1.29, 1.82) is 0 Å². The predicted octanol–water partition coefficient (Wildman–Crippen LogP) is 24.3. The van der Waals surface area contributed by atoms with Crippen LogP contribution in [0.25, 0.3) is 0 Å². The predicted molar refractivity (Wildman–Crippen MR) is 409 cm³/mol. The lowest BCUT2D eigenvalue weighted by molar-refractivity contribution is -0.161. The van der Waals surface area contributed by atoms with Gasteiger partial charge < -0.3 is 33.8 Å². The minimum atomic E-state index is -4.96. The van der Waals surface area contributed by atoms with Crippen LogP contribution >= 0.6 is 15.6 Å². The van der Waals surface area contributed by atoms with E-state index < -0.39 is 97.5 Å². The Hall–Kier alpha value is -1.94. The molecule has 0 aromatic rings. The van der Waals surface area contributed by atoms with Gasteiger partial charge in [0.15, 0.2) is 12.2 Å². The first kappa shape index (κ1) is 98.1. The molecule has 19 heteroatoms. The molecule has 594 valence electrons. The second-order valence-electron chi connectivity index (χ2n) is 29.9. The monoisotopic (exact) mass is 1470 g/mol. The SMILES string of the molecule is CCCCCCCCCCCCCCCCCCCCCCCCC(=O)O[C@H](COC(=O)CCCCCCCCCCCCCCCCC)COP(=O)(O)OC[C@@H](O)COP(=O)(O)OC[C@@H](COC(=O)CCCCCCCCC(C)C)OC(=O)CCCCCCCCCCCCC(C)CC. The van der Waals surface area contributed by atoms with Crippen molar-refractivity contribution in [2.75, 3.05) is 39.6 Å². The second-order valence-corrected chi connectivity index (χ2v) is 32.8. The van der Waals surface area contributed by atoms with E-state index in [1.165, 1.54) is 238 Å². The minimum Gasteiger partial charge on any atom is -0.462 e. The fourth-order valence-electron chi connectivity index (χ4n) is 12.5. The van der Waals surface area contributed by atoms with Gasteiger partial charge in [-0.2, -0.15) is 0 Å². The first-order valence-electron chi connectivity index (χ1n) is 42.0. The molecule has 0 saturated carbocycles. The van der Waals surface area contributed by atoms with E-state index in [1.807, 2.05) is 0 Å². The minimum absolute atomic E-state index is 0.105. The van der Waals surface area contributed by atoms with Gasteiger partial charge in [0.05, 0.1) is 26.4 Å². The van der Waals surface area contributed by atoms with E-state index in [0.717, 1.165) is 102 Å². The lowest BCUT2D eigenvalue weighted by Gasteiger charge is -2.21. The molecule has 0 rings (SSSR count). The van der Waals surface area contributed by atoms with E-state index in [1.54, 1.807) is 0 Å². The maximum Gasteiger partial charge on any atom is 0.472 e. The summed E-state index contributed by atoms with van der Waals surface area (Å²) in [5, 5.41) is 10.6. The van der Waals surface area contributed by atoms with Crippen LogP contribution < -0.4 is 0 Å². The fraction of sp³-hybridized carbons (Fsp3) is 0.951. The lowest BCUT2D eigenvalue weighted by Crippen LogP contribution is -2.30. The highest BCUT2D eigenvalue weighted by Gasteiger charge is 2.30. The number of rotatable bonds is 80. The molecule has 0 aliphatic rings. The van der Waals surface area contributed by atoms with Crippen molar-refractivity contribution in [3.8, 4) is 0 Å². The van der Waals surface area contributed by atoms with Crippen LogP contribution in [0.15, 0.2) is 0 Å². The molecule has 0 spiro atoms. The number of unbranched alkanes of at least 4 members (excludes halogenated alkanes) is 49. The molecule has 0 bridgehead atoms. The quantitative estimate of drug-likeness (QED) is 0.0222. The van der Waals surface area contributed by atoms with Crippen LogP contribution in [0.5, 0.6) is 0 Å². The van der Waals surface area contributed by atoms with E-state index in [-0.39, 0.29) is 25.7 Å². The third-order valence-electron chi connectivity index (χ3n) is 19.3. The van der Waals surface area contributed by atoms with Gasteiger partial charge >= 0.3 is 39.5 Å². The van der Waals surface area contributed by atoms with Crippen LogP contribution in [0.1, 0.15) is 427 Å². The van der Waals surface area contributed by atoms with Gasteiger partial charge in [0.2, 0.25) is 0 Å². The summed E-state index contributed by atoms with van der Waals surface area (Å²) in [4.78, 5) is 73.0. The summed E-state index contributed by atoms with van der Waals surface area (Å²) in [7, 11) is -9.92. The molecule has 100 heavy (non-hydrogen) atoms. The van der Waals surface area contributed by atoms with Gasteiger partial charge in [-0.3, -0.25) is 37.3 Å². The number of esters is 4. The Kier molecular flexibility index (Phi) is 71.2. The number of aliphatic hydroxyl groups excluding tert-OH is 1. The number of ether oxygens (including phenoxy) is 4. The van der Waals surface area contributed by atoms with Crippen molar-refractivity contribution in [1.82, 2.24) is 0 Å². The molecule has 0 saturated heterocycles. The van der Waals surface area contributed by atoms with Gasteiger partial charge in [0, 0.05) is 25.7 Å². The number of aliphatic hydroxyl groups is 1. The molecule has 0 aromatic heterocycles. The standard InChI is InChI=1S/C81H158O17P2/c1-7-10-12-14-16-18-20-22-24-25-26-27-28-29-30-32-34-36-41-45-53-59-65-80(85)97-76(69-91-78(83)63-57-51-44-40-35-33-31-23-21-19-17-15-13-11-8-2)71-95-99(87,88)93-67-75(82)68-94-100(89,90)96-72-77(70-92-79(84)64-58-52-48-47-49-55-61-73(4)5)98-81(86)66-60-54-46-42-38-37-39-43-50-56-62-74(6)9-3/h73-77,82H,7-72H2,1-6H3,(H,87,88)(H,89,90)/t74?,75-,76-,77-/m1/s1. The first-order valence-corrected chi connectivity index (χ1v) is 45.0. The summed E-state index contributed by atoms with van der Waals surface area (Å²) in [6.07, 6.45) is 62.7. The second kappa shape index (κ2) is 72.6. The summed E-state index contributed by atoms with van der Waals surface area (Å²) >= 11 is 0. The lowest BCUT2D eigenvalue weighted by atomic mass is 9.99. The maximum atomic E-state index is 13.1. The van der Waals surface area contributed by atoms with Crippen molar-refractivity contribution >= 4 is 39.5 Å². The van der Waals surface area contributed by atoms with Crippen molar-refractivity contribution in [2.45, 2.75) is 445 Å². The number of carbonyl (C=O) groups is 4. The highest BCUT2D eigenvalue weighted by Crippen LogP contribution is 2.45. The number of hydrogen-bond acceptors (Lipinski definition) is 15. The van der Waals surface area contributed by atoms with E-state index in [2.05, 4.69) is 41.5 Å². The van der Waals surface area contributed by atoms with Gasteiger partial charge in [0.1, 0.15) is 19.3 Å². The van der Waals surface area contributed by atoms with Gasteiger partial charge in [-0.15, -0.1) is 0 Å². The molecule has 0 aliphatic heterocycles. The van der Waals surface area contributed by atoms with Crippen LogP contribution in [0.3, 0.4) is 0 Å². The van der Waals surface area contributed by atoms with E-state index >= 15 is 0 Å². The molecule has 3 unspecified atom stereocenters. The molecule has 0 fully saturated rings. The Morgan fingerprint density at radius 2 is 0.510 bits per heavy atom. The van der Waals surface area contributed by atoms with Gasteiger partial charge in [-0.05, 0) is 37.5 Å². The van der Waals surface area contributed by atoms with Crippen LogP contribution in [0.4, 0.5) is 0 Å². The molecule has 0 aromatic carbocycles. The molecule has 17 nitrogen and oxygen atoms in total. The number of phosphoric acid groups is 2. The van der Waals surface area contributed by atoms with Gasteiger partial charge in [-0.1, -0.05) is 375 Å². The topological polar surface area (TPSA) is 237 Å². The zero-order chi connectivity index (χ0) is 73.5. The van der Waals surface area contributed by atoms with E-state index in [9.17, 15) is 43.2 Å². The molecule has 0 heterocycles. The first-order chi connectivity index (χ1) is 48.4. The summed E-state index contributed by atoms with van der Waals surface area (Å²) in [6, 6.07) is 0. The average molecular weight is 1470 g/mol. The smallest absolute Gasteiger partial charge is 0.462 e. The third kappa shape index (κ3) is 73.0. The van der Waals surface area contributed by atoms with Gasteiger partial charge in [-0.25, -0.2) is 9.13 Å². The number of phosphoric ester groups is 2. The van der Waals surface area contributed by atoms with Crippen molar-refractivity contribution in [3.63, 3.8) is 0 Å². The van der Waals surface area contributed by atoms with Crippen molar-refractivity contribution < 1.29 is 80.2 Å². The molecule has 3 N–H and O–H groups in total. The average Bonchev–Trinajstić information content (AvgIpc) is 0.920. The Labute approximate surface area is 613 Å². The summed E-state index contributed by atoms with van der Waals surface area (Å²) in [5.41, 5.74) is 0. The molecule has 0 amide bonds. The Morgan fingerprint density at radius 1 is 0.290 bits per heavy atom. The zero-order valence-electron chi connectivity index (χ0n) is 65.5. The van der Waals surface area contributed by atoms with Crippen LogP contribution in [0, 0.1) is 11.8 Å². The normalized spacial score (nSPS) is 14.2. The molecule has 6 atom stereocenters. The molecule has 0 aliphatic carbocycles. The zero-order valence-corrected chi connectivity index (χ0v) is 67.3. The highest BCUT2D eigenvalue weighted by atomic mass is 31.2. The van der Waals surface area contributed by atoms with Crippen LogP contribution in [0.2, 0.25) is 0 Å². The number of carbonyl (C=O) groups excluding carboxylic acids is 4. The Balaban J connectivity index is 5.20. The van der Waals surface area contributed by atoms with E-state index in [4.69, 9.17) is 37.0 Å². The third-order valence-corrected chi connectivity index (χ3v) is 21.2. The fourth-order valence-corrected chi connectivity index (χ4v) is 14.1. The van der Waals surface area contributed by atoms with Crippen molar-refractivity contribution in [2.24, 2.45) is 11.8 Å². The van der Waals surface area contributed by atoms with Crippen molar-refractivity contribution in [3.05, 3.63) is 0 Å².